The Morgan fingerprint density at radius 1 is 1.86 bits per heavy atom. The van der Waals surface area contributed by atoms with Gasteiger partial charge in [0.2, 0.25) is 0 Å². The Balaban J connectivity index is 4.10. The molecule has 2 N–H and O–H groups in total. The molecule has 2 atom stereocenters. The van der Waals surface area contributed by atoms with E-state index in [0.29, 0.717) is 0 Å². The van der Waals surface area contributed by atoms with Crippen LogP contribution in [0.1, 0.15) is 6.92 Å². The molecule has 0 radical (unpaired) electrons. The minimum Gasteiger partial charge on any atom is -0.377 e. The second kappa shape index (κ2) is 2.04. The van der Waals surface area contributed by atoms with Crippen molar-refractivity contribution in [1.29, 1.82) is 0 Å². The number of hydrogen-bond acceptors (Lipinski definition) is 3. The van der Waals surface area contributed by atoms with Crippen LogP contribution in [0.15, 0.2) is 0 Å². The van der Waals surface area contributed by atoms with E-state index in [9.17, 15) is 4.21 Å². The van der Waals surface area contributed by atoms with Crippen LogP contribution in [-0.2, 0) is 20.0 Å². The maximum atomic E-state index is 10.0. The minimum atomic E-state index is -3.35. The lowest BCUT2D eigenvalue weighted by Crippen LogP contribution is -2.13. The lowest BCUT2D eigenvalue weighted by molar-refractivity contribution is 0.264. The predicted molar refractivity (Wildman–Crippen MR) is 29.8 cm³/mol. The molecular formula is C2H6O3S2. The summed E-state index contributed by atoms with van der Waals surface area (Å²) in [4.78, 5) is 0. The van der Waals surface area contributed by atoms with Gasteiger partial charge in [0.25, 0.3) is 0 Å². The molecule has 0 saturated heterocycles. The molecule has 0 heterocycles. The zero-order valence-corrected chi connectivity index (χ0v) is 5.33. The van der Waals surface area contributed by atoms with Crippen molar-refractivity contribution in [3.05, 3.63) is 0 Å². The monoisotopic (exact) mass is 142 g/mol. The Labute approximate surface area is 46.9 Å². The Hall–Kier alpha value is 0.290. The van der Waals surface area contributed by atoms with Gasteiger partial charge in [-0.05, 0) is 6.92 Å². The summed E-state index contributed by atoms with van der Waals surface area (Å²) in [5.74, 6) is 0. The van der Waals surface area contributed by atoms with Crippen LogP contribution in [0.3, 0.4) is 0 Å². The van der Waals surface area contributed by atoms with Gasteiger partial charge < -0.3 is 9.66 Å². The SMILES string of the molecule is CC(O)S(=O)(O)=S. The standard InChI is InChI=1S/C2H6O3S2/c1-2(3)7(4,5)6/h2-3H,1H3,(H,4,5,6). The van der Waals surface area contributed by atoms with E-state index >= 15 is 0 Å². The number of aliphatic hydroxyl groups is 1. The summed E-state index contributed by atoms with van der Waals surface area (Å²) in [5.41, 5.74) is -1.30. The van der Waals surface area contributed by atoms with Crippen molar-refractivity contribution in [2.24, 2.45) is 0 Å². The molecule has 0 aliphatic carbocycles. The Morgan fingerprint density at radius 3 is 2.00 bits per heavy atom. The summed E-state index contributed by atoms with van der Waals surface area (Å²) >= 11 is 3.94. The first-order valence-corrected chi connectivity index (χ1v) is 4.09. The lowest BCUT2D eigenvalue weighted by Gasteiger charge is -1.98. The van der Waals surface area contributed by atoms with Crippen LogP contribution in [0.25, 0.3) is 0 Å². The smallest absolute Gasteiger partial charge is 0.168 e. The fourth-order valence-electron chi connectivity index (χ4n) is 0. The molecule has 3 nitrogen and oxygen atoms in total. The van der Waals surface area contributed by atoms with Crippen LogP contribution >= 0.6 is 0 Å². The molecule has 0 rings (SSSR count). The van der Waals surface area contributed by atoms with Crippen LogP contribution < -0.4 is 0 Å². The van der Waals surface area contributed by atoms with E-state index in [4.69, 9.17) is 9.66 Å². The highest BCUT2D eigenvalue weighted by atomic mass is 32.8. The molecule has 0 bridgehead atoms. The third kappa shape index (κ3) is 2.93. The Kier molecular flexibility index (Phi) is 2.12. The zero-order valence-electron chi connectivity index (χ0n) is 3.70. The third-order valence-corrected chi connectivity index (χ3v) is 2.13. The largest absolute Gasteiger partial charge is 0.377 e. The van der Waals surface area contributed by atoms with E-state index in [1.165, 1.54) is 6.92 Å². The zero-order chi connectivity index (χ0) is 6.08. The second-order valence-corrected chi connectivity index (χ2v) is 4.26. The first-order valence-electron chi connectivity index (χ1n) is 1.59. The van der Waals surface area contributed by atoms with Gasteiger partial charge in [-0.2, -0.15) is 0 Å². The van der Waals surface area contributed by atoms with Gasteiger partial charge in [0.05, 0.1) is 0 Å². The summed E-state index contributed by atoms with van der Waals surface area (Å²) in [6.07, 6.45) is 0. The highest BCUT2D eigenvalue weighted by molar-refractivity contribution is 8.29. The average molecular weight is 142 g/mol. The normalized spacial score (nSPS) is 23.3. The molecule has 0 fully saturated rings. The quantitative estimate of drug-likeness (QED) is 0.520. The summed E-state index contributed by atoms with van der Waals surface area (Å²) < 4.78 is 18.2. The van der Waals surface area contributed by atoms with Crippen molar-refractivity contribution < 1.29 is 13.9 Å². The summed E-state index contributed by atoms with van der Waals surface area (Å²) in [6, 6.07) is 0. The van der Waals surface area contributed by atoms with Gasteiger partial charge in [-0.15, -0.1) is 0 Å². The molecule has 2 unspecified atom stereocenters. The van der Waals surface area contributed by atoms with E-state index in [1.807, 2.05) is 0 Å². The fourth-order valence-corrected chi connectivity index (χ4v) is 0. The molecular weight excluding hydrogens is 136 g/mol. The lowest BCUT2D eigenvalue weighted by atomic mass is 10.9. The van der Waals surface area contributed by atoms with Gasteiger partial charge in [-0.25, -0.2) is 4.21 Å². The minimum absolute atomic E-state index is 1.18. The highest BCUT2D eigenvalue weighted by Crippen LogP contribution is 1.89. The molecule has 44 valence electrons. The van der Waals surface area contributed by atoms with Crippen molar-refractivity contribution >= 4 is 20.0 Å². The Morgan fingerprint density at radius 2 is 2.00 bits per heavy atom. The Bertz CT molecular complexity index is 133. The predicted octanol–water partition coefficient (Wildman–Crippen LogP) is -0.456. The highest BCUT2D eigenvalue weighted by Gasteiger charge is 2.05. The van der Waals surface area contributed by atoms with Crippen LogP contribution in [0.5, 0.6) is 0 Å². The van der Waals surface area contributed by atoms with Crippen molar-refractivity contribution in [3.63, 3.8) is 0 Å². The number of hydrogen-bond donors (Lipinski definition) is 2. The maximum absolute atomic E-state index is 10.0. The molecule has 0 saturated carbocycles. The van der Waals surface area contributed by atoms with Crippen LogP contribution in [0.2, 0.25) is 0 Å². The number of aliphatic hydroxyl groups excluding tert-OH is 1. The van der Waals surface area contributed by atoms with Gasteiger partial charge in [0.15, 0.2) is 14.2 Å². The van der Waals surface area contributed by atoms with Crippen molar-refractivity contribution in [1.82, 2.24) is 0 Å². The van der Waals surface area contributed by atoms with Gasteiger partial charge in [0.1, 0.15) is 0 Å². The molecule has 0 aliphatic rings. The first kappa shape index (κ1) is 7.29. The molecule has 7 heavy (non-hydrogen) atoms. The first-order chi connectivity index (χ1) is 2.94. The molecule has 0 aliphatic heterocycles. The third-order valence-electron chi connectivity index (χ3n) is 0.431. The molecule has 0 amide bonds. The van der Waals surface area contributed by atoms with Crippen molar-refractivity contribution in [3.8, 4) is 0 Å². The number of rotatable bonds is 1. The van der Waals surface area contributed by atoms with Crippen LogP contribution in [0.4, 0.5) is 0 Å². The summed E-state index contributed by atoms with van der Waals surface area (Å²) in [6.45, 7) is 1.18. The van der Waals surface area contributed by atoms with E-state index in [1.54, 1.807) is 0 Å². The molecule has 0 spiro atoms. The van der Waals surface area contributed by atoms with Gasteiger partial charge in [-0.1, -0.05) is 0 Å². The van der Waals surface area contributed by atoms with Gasteiger partial charge in [0, 0.05) is 11.2 Å². The second-order valence-electron chi connectivity index (χ2n) is 1.11. The van der Waals surface area contributed by atoms with Gasteiger partial charge in [-0.3, -0.25) is 0 Å². The summed E-state index contributed by atoms with van der Waals surface area (Å²) in [5, 5.41) is 8.26. The molecule has 0 aromatic rings. The topological polar surface area (TPSA) is 57.5 Å². The van der Waals surface area contributed by atoms with E-state index < -0.39 is 14.2 Å². The maximum Gasteiger partial charge on any atom is 0.168 e. The molecule has 0 aromatic heterocycles. The van der Waals surface area contributed by atoms with E-state index in [0.717, 1.165) is 0 Å². The van der Waals surface area contributed by atoms with E-state index in [-0.39, 0.29) is 0 Å². The van der Waals surface area contributed by atoms with Crippen LogP contribution in [-0.4, -0.2) is 19.3 Å². The fraction of sp³-hybridized carbons (Fsp3) is 1.00. The van der Waals surface area contributed by atoms with E-state index in [2.05, 4.69) is 11.2 Å². The van der Waals surface area contributed by atoms with Crippen LogP contribution in [0, 0.1) is 0 Å². The summed E-state index contributed by atoms with van der Waals surface area (Å²) in [7, 11) is -3.35. The molecule has 5 heteroatoms. The van der Waals surface area contributed by atoms with Crippen molar-refractivity contribution in [2.75, 3.05) is 0 Å². The molecule has 0 aromatic carbocycles. The van der Waals surface area contributed by atoms with Crippen molar-refractivity contribution in [2.45, 2.75) is 12.4 Å². The average Bonchev–Trinajstić information content (AvgIpc) is 1.31. The van der Waals surface area contributed by atoms with Gasteiger partial charge >= 0.3 is 0 Å².